The molecule has 0 fully saturated rings. The summed E-state index contributed by atoms with van der Waals surface area (Å²) in [5, 5.41) is 23.9. The van der Waals surface area contributed by atoms with Crippen molar-refractivity contribution in [1.82, 2.24) is 0 Å². The maximum atomic E-state index is 12.3. The highest BCUT2D eigenvalue weighted by molar-refractivity contribution is 6.11. The van der Waals surface area contributed by atoms with E-state index in [1.54, 1.807) is 36.4 Å². The zero-order valence-corrected chi connectivity index (χ0v) is 13.2. The van der Waals surface area contributed by atoms with Gasteiger partial charge in [0.25, 0.3) is 5.91 Å². The lowest BCUT2D eigenvalue weighted by Gasteiger charge is -2.12. The van der Waals surface area contributed by atoms with E-state index in [9.17, 15) is 14.8 Å². The van der Waals surface area contributed by atoms with Gasteiger partial charge in [-0.1, -0.05) is 41.1 Å². The number of anilines is 1. The van der Waals surface area contributed by atoms with E-state index in [1.807, 2.05) is 19.1 Å². The number of para-hydroxylation sites is 1. The van der Waals surface area contributed by atoms with Crippen LogP contribution in [0.4, 0.5) is 5.69 Å². The first-order valence-electron chi connectivity index (χ1n) is 7.41. The number of nitrogens with zero attached hydrogens (tertiary/aromatic N) is 1. The topological polar surface area (TPSA) is 99.0 Å². The number of carboxylic acids is 1. The number of carboxylic acid groups (broad SMARTS) is 1. The quantitative estimate of drug-likeness (QED) is 0.431. The standard InChI is InChI=1S/C18H18N2O4/c1-12-6-8-13(9-7-12)18(23)19-15-5-3-2-4-14(15)16(20-24)10-11-17(21)22/h2-9,24H,10-11H2,1H3,(H,19,23)(H,21,22). The summed E-state index contributed by atoms with van der Waals surface area (Å²) in [4.78, 5) is 23.1. The van der Waals surface area contributed by atoms with Gasteiger partial charge in [-0.25, -0.2) is 0 Å². The van der Waals surface area contributed by atoms with E-state index in [2.05, 4.69) is 10.5 Å². The summed E-state index contributed by atoms with van der Waals surface area (Å²) in [6, 6.07) is 13.9. The smallest absolute Gasteiger partial charge is 0.303 e. The van der Waals surface area contributed by atoms with Crippen molar-refractivity contribution in [3.8, 4) is 0 Å². The van der Waals surface area contributed by atoms with Crippen LogP contribution in [0.15, 0.2) is 53.7 Å². The number of nitrogens with one attached hydrogen (secondary N) is 1. The molecule has 0 bridgehead atoms. The molecule has 2 rings (SSSR count). The number of carbonyl (C=O) groups excluding carboxylic acids is 1. The van der Waals surface area contributed by atoms with Crippen LogP contribution in [-0.2, 0) is 4.79 Å². The van der Waals surface area contributed by atoms with Gasteiger partial charge >= 0.3 is 5.97 Å². The summed E-state index contributed by atoms with van der Waals surface area (Å²) in [6.07, 6.45) is -0.108. The van der Waals surface area contributed by atoms with Crippen LogP contribution in [0.5, 0.6) is 0 Å². The van der Waals surface area contributed by atoms with Crippen LogP contribution in [0.2, 0.25) is 0 Å². The Hall–Kier alpha value is -3.15. The Labute approximate surface area is 139 Å². The molecule has 0 aromatic heterocycles. The highest BCUT2D eigenvalue weighted by atomic mass is 16.4. The van der Waals surface area contributed by atoms with Crippen molar-refractivity contribution < 1.29 is 19.9 Å². The Morgan fingerprint density at radius 3 is 2.33 bits per heavy atom. The summed E-state index contributed by atoms with van der Waals surface area (Å²) in [7, 11) is 0. The van der Waals surface area contributed by atoms with Crippen LogP contribution >= 0.6 is 0 Å². The lowest BCUT2D eigenvalue weighted by atomic mass is 10.0. The third-order valence-corrected chi connectivity index (χ3v) is 3.50. The second kappa shape index (κ2) is 7.92. The van der Waals surface area contributed by atoms with Crippen LogP contribution in [0.25, 0.3) is 0 Å². The summed E-state index contributed by atoms with van der Waals surface area (Å²) in [5.74, 6) is -1.28. The summed E-state index contributed by atoms with van der Waals surface area (Å²) in [5.41, 5.74) is 2.71. The summed E-state index contributed by atoms with van der Waals surface area (Å²) >= 11 is 0. The molecule has 0 unspecified atom stereocenters. The largest absolute Gasteiger partial charge is 0.481 e. The predicted octanol–water partition coefficient (Wildman–Crippen LogP) is 3.29. The van der Waals surface area contributed by atoms with Gasteiger partial charge in [-0.3, -0.25) is 9.59 Å². The Balaban J connectivity index is 2.23. The molecule has 0 saturated heterocycles. The minimum absolute atomic E-state index is 0.0588. The third-order valence-electron chi connectivity index (χ3n) is 3.50. The molecular weight excluding hydrogens is 308 g/mol. The molecule has 0 aliphatic heterocycles. The van der Waals surface area contributed by atoms with E-state index >= 15 is 0 Å². The number of hydrogen-bond donors (Lipinski definition) is 3. The first-order valence-corrected chi connectivity index (χ1v) is 7.41. The Morgan fingerprint density at radius 2 is 1.71 bits per heavy atom. The van der Waals surface area contributed by atoms with Gasteiger partial charge in [0, 0.05) is 17.5 Å². The minimum Gasteiger partial charge on any atom is -0.481 e. The molecule has 0 spiro atoms. The zero-order valence-electron chi connectivity index (χ0n) is 13.2. The van der Waals surface area contributed by atoms with E-state index in [0.717, 1.165) is 5.56 Å². The van der Waals surface area contributed by atoms with Gasteiger partial charge in [0.15, 0.2) is 0 Å². The average Bonchev–Trinajstić information content (AvgIpc) is 2.57. The number of aliphatic carboxylic acids is 1. The molecule has 6 heteroatoms. The summed E-state index contributed by atoms with van der Waals surface area (Å²) in [6.45, 7) is 1.93. The van der Waals surface area contributed by atoms with Crippen molar-refractivity contribution in [3.05, 3.63) is 65.2 Å². The zero-order chi connectivity index (χ0) is 17.5. The molecule has 0 saturated carbocycles. The number of hydrogen-bond acceptors (Lipinski definition) is 4. The lowest BCUT2D eigenvalue weighted by molar-refractivity contribution is -0.136. The van der Waals surface area contributed by atoms with E-state index in [1.165, 1.54) is 0 Å². The van der Waals surface area contributed by atoms with Crippen molar-refractivity contribution in [2.75, 3.05) is 5.32 Å². The average molecular weight is 326 g/mol. The molecule has 3 N–H and O–H groups in total. The van der Waals surface area contributed by atoms with Gasteiger partial charge in [-0.05, 0) is 25.1 Å². The number of oxime groups is 1. The Bertz CT molecular complexity index is 767. The number of rotatable bonds is 6. The molecule has 1 amide bonds. The fourth-order valence-electron chi connectivity index (χ4n) is 2.21. The third kappa shape index (κ3) is 4.42. The fourth-order valence-corrected chi connectivity index (χ4v) is 2.21. The number of benzene rings is 2. The van der Waals surface area contributed by atoms with Crippen LogP contribution in [0, 0.1) is 6.92 Å². The maximum absolute atomic E-state index is 12.3. The second-order valence-corrected chi connectivity index (χ2v) is 5.31. The molecule has 0 aliphatic carbocycles. The highest BCUT2D eigenvalue weighted by Gasteiger charge is 2.14. The first kappa shape index (κ1) is 17.2. The minimum atomic E-state index is -0.989. The van der Waals surface area contributed by atoms with Gasteiger partial charge in [-0.2, -0.15) is 0 Å². The molecule has 0 aliphatic rings. The second-order valence-electron chi connectivity index (χ2n) is 5.31. The first-order chi connectivity index (χ1) is 11.5. The number of amides is 1. The van der Waals surface area contributed by atoms with Gasteiger partial charge in [-0.15, -0.1) is 0 Å². The maximum Gasteiger partial charge on any atom is 0.303 e. The van der Waals surface area contributed by atoms with E-state index < -0.39 is 5.97 Å². The van der Waals surface area contributed by atoms with Crippen molar-refractivity contribution in [3.63, 3.8) is 0 Å². The molecule has 2 aromatic carbocycles. The van der Waals surface area contributed by atoms with Crippen molar-refractivity contribution in [1.29, 1.82) is 0 Å². The van der Waals surface area contributed by atoms with Crippen LogP contribution in [-0.4, -0.2) is 27.9 Å². The van der Waals surface area contributed by atoms with Crippen LogP contribution in [0.3, 0.4) is 0 Å². The van der Waals surface area contributed by atoms with E-state index in [0.29, 0.717) is 16.8 Å². The monoisotopic (exact) mass is 326 g/mol. The fraction of sp³-hybridized carbons (Fsp3) is 0.167. The SMILES string of the molecule is Cc1ccc(C(=O)Nc2ccccc2C(CCC(=O)O)=NO)cc1. The molecular formula is C18H18N2O4. The Morgan fingerprint density at radius 1 is 1.04 bits per heavy atom. The molecule has 124 valence electrons. The predicted molar refractivity (Wildman–Crippen MR) is 90.8 cm³/mol. The number of aryl methyl sites for hydroxylation is 1. The van der Waals surface area contributed by atoms with Gasteiger partial charge < -0.3 is 15.6 Å². The van der Waals surface area contributed by atoms with Gasteiger partial charge in [0.05, 0.1) is 17.8 Å². The highest BCUT2D eigenvalue weighted by Crippen LogP contribution is 2.19. The number of carbonyl (C=O) groups is 2. The molecule has 0 atom stereocenters. The lowest BCUT2D eigenvalue weighted by Crippen LogP contribution is -2.15. The normalized spacial score (nSPS) is 11.1. The van der Waals surface area contributed by atoms with Crippen LogP contribution < -0.4 is 5.32 Å². The van der Waals surface area contributed by atoms with E-state index in [-0.39, 0.29) is 24.5 Å². The molecule has 2 aromatic rings. The van der Waals surface area contributed by atoms with Crippen molar-refractivity contribution in [2.24, 2.45) is 5.16 Å². The molecule has 24 heavy (non-hydrogen) atoms. The summed E-state index contributed by atoms with van der Waals surface area (Å²) < 4.78 is 0. The molecule has 0 heterocycles. The van der Waals surface area contributed by atoms with Gasteiger partial charge in [0.2, 0.25) is 0 Å². The van der Waals surface area contributed by atoms with Gasteiger partial charge in [0.1, 0.15) is 0 Å². The Kier molecular flexibility index (Phi) is 5.68. The van der Waals surface area contributed by atoms with E-state index in [4.69, 9.17) is 5.11 Å². The van der Waals surface area contributed by atoms with Crippen LogP contribution in [0.1, 0.15) is 34.3 Å². The molecule has 0 radical (unpaired) electrons. The molecule has 6 nitrogen and oxygen atoms in total. The van der Waals surface area contributed by atoms with Crippen molar-refractivity contribution >= 4 is 23.3 Å². The van der Waals surface area contributed by atoms with Crippen molar-refractivity contribution in [2.45, 2.75) is 19.8 Å².